The molecule has 0 saturated heterocycles. The van der Waals surface area contributed by atoms with Gasteiger partial charge in [0.15, 0.2) is 0 Å². The molecule has 106 valence electrons. The molecule has 0 aromatic heterocycles. The Labute approximate surface area is 116 Å². The predicted octanol–water partition coefficient (Wildman–Crippen LogP) is 2.66. The zero-order chi connectivity index (χ0) is 13.7. The zero-order valence-corrected chi connectivity index (χ0v) is 12.2. The first-order chi connectivity index (χ1) is 9.20. The Morgan fingerprint density at radius 2 is 1.89 bits per heavy atom. The van der Waals surface area contributed by atoms with Crippen LogP contribution < -0.4 is 5.73 Å². The van der Waals surface area contributed by atoms with Crippen LogP contribution in [0.3, 0.4) is 0 Å². The number of likely N-dealkylation sites (N-methyl/N-ethyl adjacent to an activating group) is 1. The fraction of sp³-hybridized carbons (Fsp3) is 0.625. The largest absolute Gasteiger partial charge is 0.399 e. The fourth-order valence-corrected chi connectivity index (χ4v) is 2.64. The summed E-state index contributed by atoms with van der Waals surface area (Å²) in [6.45, 7) is 9.17. The third-order valence-electron chi connectivity index (χ3n) is 4.11. The molecule has 0 atom stereocenters. The van der Waals surface area contributed by atoms with E-state index in [2.05, 4.69) is 24.0 Å². The molecule has 1 aromatic carbocycles. The van der Waals surface area contributed by atoms with Crippen LogP contribution in [0.1, 0.15) is 32.3 Å². The van der Waals surface area contributed by atoms with E-state index in [0.717, 1.165) is 38.5 Å². The lowest BCUT2D eigenvalue weighted by Gasteiger charge is -2.26. The molecule has 0 bridgehead atoms. The monoisotopic (exact) mass is 262 g/mol. The van der Waals surface area contributed by atoms with Crippen LogP contribution in [0.25, 0.3) is 0 Å². The molecular weight excluding hydrogens is 236 g/mol. The smallest absolute Gasteiger partial charge is 0.0593 e. The van der Waals surface area contributed by atoms with Gasteiger partial charge in [0, 0.05) is 30.8 Å². The summed E-state index contributed by atoms with van der Waals surface area (Å²) >= 11 is 0. The lowest BCUT2D eigenvalue weighted by atomic mass is 9.95. The van der Waals surface area contributed by atoms with E-state index in [-0.39, 0.29) is 0 Å². The molecule has 3 nitrogen and oxygen atoms in total. The second kappa shape index (κ2) is 6.40. The van der Waals surface area contributed by atoms with Crippen LogP contribution in [0.4, 0.5) is 5.69 Å². The lowest BCUT2D eigenvalue weighted by molar-refractivity contribution is 0.111. The topological polar surface area (TPSA) is 38.5 Å². The summed E-state index contributed by atoms with van der Waals surface area (Å²) in [6, 6.07) is 8.43. The molecule has 0 amide bonds. The number of benzene rings is 1. The summed E-state index contributed by atoms with van der Waals surface area (Å²) in [4.78, 5) is 2.50. The molecule has 1 saturated carbocycles. The molecule has 0 spiro atoms. The van der Waals surface area contributed by atoms with Gasteiger partial charge in [-0.15, -0.1) is 0 Å². The van der Waals surface area contributed by atoms with Crippen molar-refractivity contribution in [2.45, 2.75) is 32.1 Å². The van der Waals surface area contributed by atoms with Crippen molar-refractivity contribution in [3.05, 3.63) is 29.8 Å². The highest BCUT2D eigenvalue weighted by Crippen LogP contribution is 2.48. The summed E-state index contributed by atoms with van der Waals surface area (Å²) in [5.41, 5.74) is 8.43. The van der Waals surface area contributed by atoms with Crippen molar-refractivity contribution in [2.24, 2.45) is 0 Å². The number of ether oxygens (including phenoxy) is 1. The third-order valence-corrected chi connectivity index (χ3v) is 4.11. The fourth-order valence-electron chi connectivity index (χ4n) is 2.64. The van der Waals surface area contributed by atoms with E-state index in [1.54, 1.807) is 0 Å². The van der Waals surface area contributed by atoms with Gasteiger partial charge in [-0.05, 0) is 44.0 Å². The Bertz CT molecular complexity index is 384. The van der Waals surface area contributed by atoms with Gasteiger partial charge >= 0.3 is 0 Å². The predicted molar refractivity (Wildman–Crippen MR) is 80.4 cm³/mol. The maximum atomic E-state index is 5.77. The average Bonchev–Trinajstić information content (AvgIpc) is 3.19. The van der Waals surface area contributed by atoms with E-state index in [0.29, 0.717) is 5.41 Å². The normalized spacial score (nSPS) is 16.8. The Hall–Kier alpha value is -1.06. The number of nitrogens with two attached hydrogens (primary N) is 1. The first-order valence-corrected chi connectivity index (χ1v) is 7.36. The average molecular weight is 262 g/mol. The molecule has 1 aliphatic rings. The molecular formula is C16H26N2O. The SMILES string of the molecule is CCOCCN(CC)CC1(c2ccc(N)cc2)CC1. The van der Waals surface area contributed by atoms with Crippen molar-refractivity contribution in [3.63, 3.8) is 0 Å². The van der Waals surface area contributed by atoms with Gasteiger partial charge in [-0.2, -0.15) is 0 Å². The summed E-state index contributed by atoms with van der Waals surface area (Å²) in [5, 5.41) is 0. The van der Waals surface area contributed by atoms with Crippen LogP contribution in [-0.2, 0) is 10.2 Å². The maximum Gasteiger partial charge on any atom is 0.0593 e. The van der Waals surface area contributed by atoms with Gasteiger partial charge in [0.25, 0.3) is 0 Å². The Morgan fingerprint density at radius 1 is 1.21 bits per heavy atom. The molecule has 2 rings (SSSR count). The van der Waals surface area contributed by atoms with Crippen molar-refractivity contribution in [1.82, 2.24) is 4.90 Å². The highest BCUT2D eigenvalue weighted by Gasteiger charge is 2.44. The summed E-state index contributed by atoms with van der Waals surface area (Å²) in [7, 11) is 0. The van der Waals surface area contributed by atoms with Crippen LogP contribution in [0.15, 0.2) is 24.3 Å². The molecule has 1 fully saturated rings. The Kier molecular flexibility index (Phi) is 4.83. The number of nitrogen functional groups attached to an aromatic ring is 1. The molecule has 0 unspecified atom stereocenters. The van der Waals surface area contributed by atoms with Gasteiger partial charge in [0.05, 0.1) is 6.61 Å². The van der Waals surface area contributed by atoms with Gasteiger partial charge in [0.1, 0.15) is 0 Å². The molecule has 19 heavy (non-hydrogen) atoms. The number of anilines is 1. The lowest BCUT2D eigenvalue weighted by Crippen LogP contribution is -2.35. The molecule has 0 aliphatic heterocycles. The highest BCUT2D eigenvalue weighted by molar-refractivity contribution is 5.43. The van der Waals surface area contributed by atoms with E-state index in [9.17, 15) is 0 Å². The van der Waals surface area contributed by atoms with Crippen molar-refractivity contribution in [2.75, 3.05) is 38.6 Å². The molecule has 2 N–H and O–H groups in total. The summed E-state index contributed by atoms with van der Waals surface area (Å²) in [6.07, 6.45) is 2.59. The van der Waals surface area contributed by atoms with Crippen molar-refractivity contribution >= 4 is 5.69 Å². The summed E-state index contributed by atoms with van der Waals surface area (Å²) in [5.74, 6) is 0. The first kappa shape index (κ1) is 14.4. The minimum atomic E-state index is 0.371. The van der Waals surface area contributed by atoms with Crippen LogP contribution in [0, 0.1) is 0 Å². The third kappa shape index (κ3) is 3.71. The Balaban J connectivity index is 1.94. The van der Waals surface area contributed by atoms with Crippen molar-refractivity contribution < 1.29 is 4.74 Å². The van der Waals surface area contributed by atoms with E-state index in [1.165, 1.54) is 18.4 Å². The minimum absolute atomic E-state index is 0.371. The molecule has 1 aliphatic carbocycles. The quantitative estimate of drug-likeness (QED) is 0.578. The second-order valence-electron chi connectivity index (χ2n) is 5.47. The number of nitrogens with zero attached hydrogens (tertiary/aromatic N) is 1. The summed E-state index contributed by atoms with van der Waals surface area (Å²) < 4.78 is 5.46. The van der Waals surface area contributed by atoms with Crippen molar-refractivity contribution in [3.8, 4) is 0 Å². The minimum Gasteiger partial charge on any atom is -0.399 e. The van der Waals surface area contributed by atoms with E-state index < -0.39 is 0 Å². The van der Waals surface area contributed by atoms with Crippen LogP contribution in [0.2, 0.25) is 0 Å². The maximum absolute atomic E-state index is 5.77. The standard InChI is InChI=1S/C16H26N2O/c1-3-18(11-12-19-4-2)13-16(9-10-16)14-5-7-15(17)8-6-14/h5-8H,3-4,9-13,17H2,1-2H3. The number of hydrogen-bond donors (Lipinski definition) is 1. The Morgan fingerprint density at radius 3 is 2.42 bits per heavy atom. The van der Waals surface area contributed by atoms with E-state index >= 15 is 0 Å². The second-order valence-corrected chi connectivity index (χ2v) is 5.47. The van der Waals surface area contributed by atoms with Gasteiger partial charge in [-0.25, -0.2) is 0 Å². The van der Waals surface area contributed by atoms with Gasteiger partial charge in [-0.1, -0.05) is 19.1 Å². The first-order valence-electron chi connectivity index (χ1n) is 7.36. The number of rotatable bonds is 8. The molecule has 0 heterocycles. The van der Waals surface area contributed by atoms with Crippen molar-refractivity contribution in [1.29, 1.82) is 0 Å². The van der Waals surface area contributed by atoms with E-state index in [1.807, 2.05) is 19.1 Å². The van der Waals surface area contributed by atoms with Crippen LogP contribution in [0.5, 0.6) is 0 Å². The van der Waals surface area contributed by atoms with Gasteiger partial charge in [-0.3, -0.25) is 0 Å². The molecule has 0 radical (unpaired) electrons. The molecule has 3 heteroatoms. The number of hydrogen-bond acceptors (Lipinski definition) is 3. The van der Waals surface area contributed by atoms with Crippen LogP contribution in [-0.4, -0.2) is 37.7 Å². The molecule has 1 aromatic rings. The zero-order valence-electron chi connectivity index (χ0n) is 12.2. The van der Waals surface area contributed by atoms with Crippen LogP contribution >= 0.6 is 0 Å². The highest BCUT2D eigenvalue weighted by atomic mass is 16.5. The van der Waals surface area contributed by atoms with E-state index in [4.69, 9.17) is 10.5 Å². The van der Waals surface area contributed by atoms with Gasteiger partial charge in [0.2, 0.25) is 0 Å². The van der Waals surface area contributed by atoms with Gasteiger partial charge < -0.3 is 15.4 Å².